The molecular weight excluding hydrogens is 356 g/mol. The van der Waals surface area contributed by atoms with Crippen molar-refractivity contribution in [2.24, 2.45) is 0 Å². The molecule has 144 valence electrons. The maximum Gasteiger partial charge on any atom is 0.255 e. The van der Waals surface area contributed by atoms with Crippen LogP contribution in [0.1, 0.15) is 10.4 Å². The van der Waals surface area contributed by atoms with Gasteiger partial charge in [0.05, 0.1) is 24.9 Å². The standard InChI is InChI=1S/C21H22N4O3/c1-24(2)19(26)13-22-21(27)18-14-25(16-7-5-4-6-8-16)23-20(18)15-9-11-17(28-3)12-10-15/h4-12,14H,13H2,1-3H3,(H,22,27). The van der Waals surface area contributed by atoms with E-state index < -0.39 is 0 Å². The highest BCUT2D eigenvalue weighted by molar-refractivity contribution is 6.01. The Bertz CT molecular complexity index is 963. The summed E-state index contributed by atoms with van der Waals surface area (Å²) in [6.45, 7) is -0.0790. The highest BCUT2D eigenvalue weighted by atomic mass is 16.5. The van der Waals surface area contributed by atoms with Gasteiger partial charge in [-0.15, -0.1) is 0 Å². The molecule has 0 spiro atoms. The predicted molar refractivity (Wildman–Crippen MR) is 107 cm³/mol. The average molecular weight is 378 g/mol. The maximum absolute atomic E-state index is 12.8. The molecule has 3 rings (SSSR count). The van der Waals surface area contributed by atoms with Crippen molar-refractivity contribution >= 4 is 11.8 Å². The van der Waals surface area contributed by atoms with Crippen molar-refractivity contribution in [1.82, 2.24) is 20.0 Å². The van der Waals surface area contributed by atoms with Gasteiger partial charge in [-0.3, -0.25) is 9.59 Å². The van der Waals surface area contributed by atoms with Crippen molar-refractivity contribution in [2.45, 2.75) is 0 Å². The quantitative estimate of drug-likeness (QED) is 0.714. The first-order chi connectivity index (χ1) is 13.5. The first-order valence-corrected chi connectivity index (χ1v) is 8.77. The monoisotopic (exact) mass is 378 g/mol. The van der Waals surface area contributed by atoms with Crippen molar-refractivity contribution < 1.29 is 14.3 Å². The zero-order valence-electron chi connectivity index (χ0n) is 16.0. The van der Waals surface area contributed by atoms with Crippen LogP contribution in [0.3, 0.4) is 0 Å². The molecule has 0 saturated heterocycles. The molecule has 0 radical (unpaired) electrons. The third kappa shape index (κ3) is 4.20. The maximum atomic E-state index is 12.8. The molecule has 0 unspecified atom stereocenters. The van der Waals surface area contributed by atoms with Gasteiger partial charge in [-0.05, 0) is 36.4 Å². The van der Waals surface area contributed by atoms with Crippen LogP contribution >= 0.6 is 0 Å². The smallest absolute Gasteiger partial charge is 0.255 e. The van der Waals surface area contributed by atoms with Gasteiger partial charge in [-0.1, -0.05) is 18.2 Å². The lowest BCUT2D eigenvalue weighted by atomic mass is 10.1. The molecular formula is C21H22N4O3. The van der Waals surface area contributed by atoms with Crippen LogP contribution in [-0.4, -0.2) is 54.2 Å². The third-order valence-corrected chi connectivity index (χ3v) is 4.24. The average Bonchev–Trinajstić information content (AvgIpc) is 3.18. The zero-order valence-corrected chi connectivity index (χ0v) is 16.0. The minimum atomic E-state index is -0.358. The SMILES string of the molecule is COc1ccc(-c2nn(-c3ccccc3)cc2C(=O)NCC(=O)N(C)C)cc1. The first-order valence-electron chi connectivity index (χ1n) is 8.77. The summed E-state index contributed by atoms with van der Waals surface area (Å²) >= 11 is 0. The molecule has 0 aliphatic rings. The normalized spacial score (nSPS) is 10.4. The molecule has 0 aliphatic carbocycles. The highest BCUT2D eigenvalue weighted by Crippen LogP contribution is 2.25. The molecule has 0 saturated carbocycles. The van der Waals surface area contributed by atoms with E-state index in [2.05, 4.69) is 10.4 Å². The second-order valence-electron chi connectivity index (χ2n) is 6.37. The first kappa shape index (κ1) is 19.2. The van der Waals surface area contributed by atoms with Gasteiger partial charge in [0.1, 0.15) is 11.4 Å². The van der Waals surface area contributed by atoms with Crippen molar-refractivity contribution in [3.05, 3.63) is 66.4 Å². The van der Waals surface area contributed by atoms with Crippen molar-refractivity contribution in [3.63, 3.8) is 0 Å². The van der Waals surface area contributed by atoms with Crippen LogP contribution in [0.4, 0.5) is 0 Å². The van der Waals surface area contributed by atoms with Crippen LogP contribution < -0.4 is 10.1 Å². The van der Waals surface area contributed by atoms with E-state index >= 15 is 0 Å². The molecule has 28 heavy (non-hydrogen) atoms. The fourth-order valence-corrected chi connectivity index (χ4v) is 2.62. The van der Waals surface area contributed by atoms with Crippen LogP contribution in [0, 0.1) is 0 Å². The van der Waals surface area contributed by atoms with E-state index in [0.717, 1.165) is 11.3 Å². The van der Waals surface area contributed by atoms with Gasteiger partial charge < -0.3 is 15.0 Å². The zero-order chi connectivity index (χ0) is 20.1. The summed E-state index contributed by atoms with van der Waals surface area (Å²) in [5.74, 6) is 0.173. The minimum absolute atomic E-state index is 0.0790. The summed E-state index contributed by atoms with van der Waals surface area (Å²) in [7, 11) is 4.88. The number of ether oxygens (including phenoxy) is 1. The molecule has 0 aliphatic heterocycles. The molecule has 7 heteroatoms. The van der Waals surface area contributed by atoms with Crippen LogP contribution in [0.5, 0.6) is 5.75 Å². The number of aromatic nitrogens is 2. The molecule has 1 N–H and O–H groups in total. The largest absolute Gasteiger partial charge is 0.497 e. The Morgan fingerprint density at radius 2 is 1.75 bits per heavy atom. The van der Waals surface area contributed by atoms with E-state index in [4.69, 9.17) is 4.74 Å². The van der Waals surface area contributed by atoms with Crippen LogP contribution in [0.2, 0.25) is 0 Å². The van der Waals surface area contributed by atoms with Gasteiger partial charge in [-0.25, -0.2) is 4.68 Å². The van der Waals surface area contributed by atoms with Crippen LogP contribution in [-0.2, 0) is 4.79 Å². The molecule has 2 amide bonds. The van der Waals surface area contributed by atoms with Gasteiger partial charge in [0.15, 0.2) is 0 Å². The minimum Gasteiger partial charge on any atom is -0.497 e. The lowest BCUT2D eigenvalue weighted by Crippen LogP contribution is -2.36. The number of carbonyl (C=O) groups excluding carboxylic acids is 2. The van der Waals surface area contributed by atoms with E-state index in [0.29, 0.717) is 17.0 Å². The Morgan fingerprint density at radius 3 is 2.36 bits per heavy atom. The summed E-state index contributed by atoms with van der Waals surface area (Å²) in [6.07, 6.45) is 1.67. The Hall–Kier alpha value is -3.61. The van der Waals surface area contributed by atoms with E-state index in [-0.39, 0.29) is 18.4 Å². The third-order valence-electron chi connectivity index (χ3n) is 4.24. The summed E-state index contributed by atoms with van der Waals surface area (Å²) < 4.78 is 6.85. The van der Waals surface area contributed by atoms with Gasteiger partial charge in [0.2, 0.25) is 5.91 Å². The number of methoxy groups -OCH3 is 1. The number of hydrogen-bond acceptors (Lipinski definition) is 4. The Kier molecular flexibility index (Phi) is 5.74. The fraction of sp³-hybridized carbons (Fsp3) is 0.190. The number of carbonyl (C=O) groups is 2. The van der Waals surface area contributed by atoms with Crippen LogP contribution in [0.15, 0.2) is 60.8 Å². The number of para-hydroxylation sites is 1. The number of likely N-dealkylation sites (N-methyl/N-ethyl adjacent to an activating group) is 1. The topological polar surface area (TPSA) is 76.5 Å². The second kappa shape index (κ2) is 8.39. The van der Waals surface area contributed by atoms with Gasteiger partial charge >= 0.3 is 0 Å². The molecule has 3 aromatic rings. The van der Waals surface area contributed by atoms with Crippen molar-refractivity contribution in [3.8, 4) is 22.7 Å². The number of rotatable bonds is 6. The van der Waals surface area contributed by atoms with E-state index in [1.54, 1.807) is 32.1 Å². The Balaban J connectivity index is 1.97. The molecule has 1 heterocycles. The van der Waals surface area contributed by atoms with E-state index in [9.17, 15) is 9.59 Å². The lowest BCUT2D eigenvalue weighted by Gasteiger charge is -2.11. The van der Waals surface area contributed by atoms with Crippen LogP contribution in [0.25, 0.3) is 16.9 Å². The Labute approximate surface area is 163 Å². The van der Waals surface area contributed by atoms with Gasteiger partial charge in [-0.2, -0.15) is 5.10 Å². The van der Waals surface area contributed by atoms with E-state index in [1.165, 1.54) is 4.90 Å². The number of nitrogens with one attached hydrogen (secondary N) is 1. The molecule has 2 aromatic carbocycles. The Morgan fingerprint density at radius 1 is 1.07 bits per heavy atom. The number of nitrogens with zero attached hydrogens (tertiary/aromatic N) is 3. The summed E-state index contributed by atoms with van der Waals surface area (Å²) in [5.41, 5.74) is 2.53. The number of hydrogen-bond donors (Lipinski definition) is 1. The van der Waals surface area contributed by atoms with Crippen molar-refractivity contribution in [1.29, 1.82) is 0 Å². The van der Waals surface area contributed by atoms with Crippen molar-refractivity contribution in [2.75, 3.05) is 27.7 Å². The number of benzene rings is 2. The summed E-state index contributed by atoms with van der Waals surface area (Å²) in [5, 5.41) is 7.28. The fourth-order valence-electron chi connectivity index (χ4n) is 2.62. The second-order valence-corrected chi connectivity index (χ2v) is 6.37. The molecule has 0 atom stereocenters. The molecule has 1 aromatic heterocycles. The van der Waals surface area contributed by atoms with Gasteiger partial charge in [0, 0.05) is 25.9 Å². The van der Waals surface area contributed by atoms with E-state index in [1.807, 2.05) is 54.6 Å². The highest BCUT2D eigenvalue weighted by Gasteiger charge is 2.19. The van der Waals surface area contributed by atoms with Gasteiger partial charge in [0.25, 0.3) is 5.91 Å². The number of amides is 2. The summed E-state index contributed by atoms with van der Waals surface area (Å²) in [6, 6.07) is 16.8. The molecule has 7 nitrogen and oxygen atoms in total. The lowest BCUT2D eigenvalue weighted by molar-refractivity contribution is -0.127. The summed E-state index contributed by atoms with van der Waals surface area (Å²) in [4.78, 5) is 26.0. The predicted octanol–water partition coefficient (Wildman–Crippen LogP) is 2.37. The molecule has 0 bridgehead atoms. The molecule has 0 fully saturated rings.